The maximum atomic E-state index is 14.4. The molecular formula is C23H25F2N7O. The van der Waals surface area contributed by atoms with Crippen molar-refractivity contribution >= 4 is 5.91 Å². The Labute approximate surface area is 189 Å². The summed E-state index contributed by atoms with van der Waals surface area (Å²) >= 11 is 0. The maximum absolute atomic E-state index is 14.4. The summed E-state index contributed by atoms with van der Waals surface area (Å²) in [5.74, 6) is -0.888. The van der Waals surface area contributed by atoms with Crippen LogP contribution in [0.15, 0.2) is 24.3 Å². The van der Waals surface area contributed by atoms with Gasteiger partial charge in [0.25, 0.3) is 0 Å². The fraction of sp³-hybridized carbons (Fsp3) is 0.478. The molecule has 10 heteroatoms. The highest BCUT2D eigenvalue weighted by molar-refractivity contribution is 5.78. The van der Waals surface area contributed by atoms with Gasteiger partial charge in [0.15, 0.2) is 5.82 Å². The molecule has 1 amide bonds. The lowest BCUT2D eigenvalue weighted by Crippen LogP contribution is -2.48. The SMILES string of the molecule is CCN(C[C@@]12CC[C@@H](c3cc(-c4c(F)cccc4F)nnc31)C2(C)C)C(=O)Cc1nn[nH]n1. The molecule has 1 N–H and O–H groups in total. The van der Waals surface area contributed by atoms with Crippen LogP contribution < -0.4 is 0 Å². The Morgan fingerprint density at radius 3 is 2.64 bits per heavy atom. The maximum Gasteiger partial charge on any atom is 0.230 e. The number of hydrogen-bond acceptors (Lipinski definition) is 6. The zero-order valence-corrected chi connectivity index (χ0v) is 18.8. The van der Waals surface area contributed by atoms with Crippen molar-refractivity contribution in [3.05, 3.63) is 53.0 Å². The average molecular weight is 453 g/mol. The van der Waals surface area contributed by atoms with Gasteiger partial charge >= 0.3 is 0 Å². The summed E-state index contributed by atoms with van der Waals surface area (Å²) < 4.78 is 28.8. The van der Waals surface area contributed by atoms with Crippen molar-refractivity contribution in [3.63, 3.8) is 0 Å². The van der Waals surface area contributed by atoms with E-state index in [1.165, 1.54) is 18.2 Å². The van der Waals surface area contributed by atoms with E-state index in [1.807, 2.05) is 11.8 Å². The predicted molar refractivity (Wildman–Crippen MR) is 115 cm³/mol. The molecule has 0 unspecified atom stereocenters. The van der Waals surface area contributed by atoms with Gasteiger partial charge in [-0.1, -0.05) is 25.1 Å². The number of rotatable bonds is 6. The number of benzene rings is 1. The van der Waals surface area contributed by atoms with Crippen LogP contribution in [0.4, 0.5) is 8.78 Å². The second kappa shape index (κ2) is 7.64. The molecule has 5 rings (SSSR count). The molecule has 0 saturated heterocycles. The molecular weight excluding hydrogens is 428 g/mol. The Kier molecular flexibility index (Phi) is 4.98. The van der Waals surface area contributed by atoms with Crippen molar-refractivity contribution in [1.29, 1.82) is 0 Å². The first-order chi connectivity index (χ1) is 15.8. The number of amides is 1. The number of halogens is 2. The Morgan fingerprint density at radius 2 is 1.97 bits per heavy atom. The predicted octanol–water partition coefficient (Wildman–Crippen LogP) is 3.18. The van der Waals surface area contributed by atoms with Gasteiger partial charge in [0, 0.05) is 18.5 Å². The zero-order valence-electron chi connectivity index (χ0n) is 18.8. The largest absolute Gasteiger partial charge is 0.342 e. The molecule has 2 atom stereocenters. The van der Waals surface area contributed by atoms with Crippen molar-refractivity contribution in [2.75, 3.05) is 13.1 Å². The Balaban J connectivity index is 1.52. The standard InChI is InChI=1S/C23H25F2N7O/c1-4-32(19(33)11-18-27-30-31-28-18)12-23-9-8-14(22(23,2)3)13-10-17(26-29-21(13)23)20-15(24)6-5-7-16(20)25/h5-7,10,14H,4,8-9,11-12H2,1-3H3,(H,27,28,30,31)/t14-,23-/m0/s1. The molecule has 1 saturated carbocycles. The lowest BCUT2D eigenvalue weighted by molar-refractivity contribution is -0.131. The van der Waals surface area contributed by atoms with Crippen LogP contribution in [0.2, 0.25) is 0 Å². The van der Waals surface area contributed by atoms with Crippen LogP contribution in [0.3, 0.4) is 0 Å². The Morgan fingerprint density at radius 1 is 1.21 bits per heavy atom. The van der Waals surface area contributed by atoms with E-state index in [1.54, 1.807) is 6.07 Å². The molecule has 1 fully saturated rings. The number of carbonyl (C=O) groups excluding carboxylic acids is 1. The van der Waals surface area contributed by atoms with Crippen LogP contribution >= 0.6 is 0 Å². The minimum absolute atomic E-state index is 0.0638. The zero-order chi connectivity index (χ0) is 23.4. The van der Waals surface area contributed by atoms with Crippen molar-refractivity contribution in [2.45, 2.75) is 51.4 Å². The number of nitrogens with one attached hydrogen (secondary N) is 1. The average Bonchev–Trinajstić information content (AvgIpc) is 3.42. The molecule has 172 valence electrons. The minimum atomic E-state index is -0.661. The monoisotopic (exact) mass is 453 g/mol. The fourth-order valence-corrected chi connectivity index (χ4v) is 5.85. The number of carbonyl (C=O) groups is 1. The summed E-state index contributed by atoms with van der Waals surface area (Å²) in [6.07, 6.45) is 1.85. The van der Waals surface area contributed by atoms with E-state index in [4.69, 9.17) is 0 Å². The highest BCUT2D eigenvalue weighted by atomic mass is 19.1. The molecule has 3 aromatic rings. The van der Waals surface area contributed by atoms with Gasteiger partial charge in [-0.15, -0.1) is 10.2 Å². The minimum Gasteiger partial charge on any atom is -0.342 e. The number of aromatic amines is 1. The smallest absolute Gasteiger partial charge is 0.230 e. The van der Waals surface area contributed by atoms with Crippen LogP contribution in [0.5, 0.6) is 0 Å². The van der Waals surface area contributed by atoms with Gasteiger partial charge in [0.2, 0.25) is 5.91 Å². The van der Waals surface area contributed by atoms with E-state index in [-0.39, 0.29) is 34.9 Å². The first-order valence-corrected chi connectivity index (χ1v) is 11.1. The van der Waals surface area contributed by atoms with Crippen LogP contribution in [-0.2, 0) is 16.6 Å². The fourth-order valence-electron chi connectivity index (χ4n) is 5.85. The molecule has 0 spiro atoms. The second-order valence-corrected chi connectivity index (χ2v) is 9.44. The summed E-state index contributed by atoms with van der Waals surface area (Å²) in [5, 5.41) is 22.4. The quantitative estimate of drug-likeness (QED) is 0.615. The van der Waals surface area contributed by atoms with Gasteiger partial charge in [-0.05, 0) is 54.9 Å². The van der Waals surface area contributed by atoms with Gasteiger partial charge in [-0.2, -0.15) is 15.4 Å². The first kappa shape index (κ1) is 21.5. The molecule has 33 heavy (non-hydrogen) atoms. The molecule has 2 aromatic heterocycles. The van der Waals surface area contributed by atoms with E-state index in [2.05, 4.69) is 44.7 Å². The third kappa shape index (κ3) is 3.14. The van der Waals surface area contributed by atoms with Crippen LogP contribution in [0, 0.1) is 17.0 Å². The number of likely N-dealkylation sites (N-methyl/N-ethyl adjacent to an activating group) is 1. The normalized spacial score (nSPS) is 22.4. The highest BCUT2D eigenvalue weighted by Gasteiger charge is 2.64. The number of aromatic nitrogens is 6. The summed E-state index contributed by atoms with van der Waals surface area (Å²) in [5.41, 5.74) is 1.25. The number of nitrogens with zero attached hydrogens (tertiary/aromatic N) is 6. The lowest BCUT2D eigenvalue weighted by atomic mass is 9.68. The molecule has 8 nitrogen and oxygen atoms in total. The number of tetrazole rings is 1. The van der Waals surface area contributed by atoms with E-state index in [0.29, 0.717) is 18.9 Å². The summed E-state index contributed by atoms with van der Waals surface area (Å²) in [7, 11) is 0. The number of hydrogen-bond donors (Lipinski definition) is 1. The molecule has 2 bridgehead atoms. The summed E-state index contributed by atoms with van der Waals surface area (Å²) in [6, 6.07) is 5.56. The molecule has 2 heterocycles. The van der Waals surface area contributed by atoms with Crippen LogP contribution in [-0.4, -0.2) is 54.7 Å². The molecule has 2 aliphatic rings. The number of H-pyrrole nitrogens is 1. The third-order valence-corrected chi connectivity index (χ3v) is 7.73. The second-order valence-electron chi connectivity index (χ2n) is 9.44. The molecule has 0 aliphatic heterocycles. The van der Waals surface area contributed by atoms with Gasteiger partial charge < -0.3 is 4.90 Å². The van der Waals surface area contributed by atoms with Gasteiger partial charge in [0.05, 0.1) is 23.4 Å². The molecule has 1 aromatic carbocycles. The van der Waals surface area contributed by atoms with Crippen molar-refractivity contribution in [2.24, 2.45) is 5.41 Å². The van der Waals surface area contributed by atoms with E-state index >= 15 is 0 Å². The molecule has 0 radical (unpaired) electrons. The third-order valence-electron chi connectivity index (χ3n) is 7.73. The number of fused-ring (bicyclic) bond motifs is 5. The van der Waals surface area contributed by atoms with Gasteiger partial charge in [-0.25, -0.2) is 8.78 Å². The van der Waals surface area contributed by atoms with Crippen LogP contribution in [0.25, 0.3) is 11.3 Å². The van der Waals surface area contributed by atoms with E-state index in [9.17, 15) is 13.6 Å². The van der Waals surface area contributed by atoms with Gasteiger partial charge in [0.1, 0.15) is 11.6 Å². The van der Waals surface area contributed by atoms with Crippen LogP contribution in [0.1, 0.15) is 56.6 Å². The highest BCUT2D eigenvalue weighted by Crippen LogP contribution is 2.67. The molecule has 2 aliphatic carbocycles. The summed E-state index contributed by atoms with van der Waals surface area (Å²) in [6.45, 7) is 7.33. The summed E-state index contributed by atoms with van der Waals surface area (Å²) in [4.78, 5) is 14.8. The Hall–Kier alpha value is -3.30. The van der Waals surface area contributed by atoms with Crippen molar-refractivity contribution < 1.29 is 13.6 Å². The van der Waals surface area contributed by atoms with Crippen molar-refractivity contribution in [3.8, 4) is 11.3 Å². The van der Waals surface area contributed by atoms with E-state index < -0.39 is 17.0 Å². The van der Waals surface area contributed by atoms with Gasteiger partial charge in [-0.3, -0.25) is 4.79 Å². The van der Waals surface area contributed by atoms with E-state index in [0.717, 1.165) is 24.1 Å². The lowest BCUT2D eigenvalue weighted by Gasteiger charge is -2.41. The first-order valence-electron chi connectivity index (χ1n) is 11.1. The Bertz CT molecular complexity index is 1190. The topological polar surface area (TPSA) is 101 Å². The van der Waals surface area contributed by atoms with Crippen molar-refractivity contribution in [1.82, 2.24) is 35.7 Å².